The smallest absolute Gasteiger partial charge is 0.338 e. The Bertz CT molecular complexity index is 1620. The Labute approximate surface area is 225 Å². The van der Waals surface area contributed by atoms with Crippen molar-refractivity contribution in [3.8, 4) is 11.5 Å². The second-order valence-corrected chi connectivity index (χ2v) is 9.09. The summed E-state index contributed by atoms with van der Waals surface area (Å²) in [6.45, 7) is 8.51. The van der Waals surface area contributed by atoms with E-state index in [4.69, 9.17) is 18.6 Å². The molecule has 5 rings (SSSR count). The summed E-state index contributed by atoms with van der Waals surface area (Å²) < 4.78 is 22.7. The number of ether oxygens (including phenoxy) is 3. The Morgan fingerprint density at radius 3 is 2.28 bits per heavy atom. The van der Waals surface area contributed by atoms with Gasteiger partial charge in [-0.15, -0.1) is 0 Å². The minimum absolute atomic E-state index is 0.0114. The van der Waals surface area contributed by atoms with Crippen LogP contribution >= 0.6 is 0 Å². The monoisotopic (exact) mass is 527 g/mol. The third-order valence-electron chi connectivity index (χ3n) is 6.57. The molecule has 8 nitrogen and oxygen atoms in total. The lowest BCUT2D eigenvalue weighted by molar-refractivity contribution is 0.0526. The molecule has 0 saturated carbocycles. The number of carbonyl (C=O) groups is 2. The van der Waals surface area contributed by atoms with Crippen LogP contribution in [0.15, 0.2) is 69.9 Å². The lowest BCUT2D eigenvalue weighted by atomic mass is 9.97. The fourth-order valence-corrected chi connectivity index (χ4v) is 4.88. The van der Waals surface area contributed by atoms with Crippen LogP contribution in [0.5, 0.6) is 11.5 Å². The third kappa shape index (κ3) is 4.63. The number of fused-ring (bicyclic) bond motifs is 2. The van der Waals surface area contributed by atoms with Gasteiger partial charge in [-0.3, -0.25) is 14.5 Å². The van der Waals surface area contributed by atoms with Crippen LogP contribution in [0.25, 0.3) is 11.0 Å². The highest BCUT2D eigenvalue weighted by molar-refractivity contribution is 6.11. The van der Waals surface area contributed by atoms with Gasteiger partial charge in [-0.25, -0.2) is 4.79 Å². The van der Waals surface area contributed by atoms with Crippen LogP contribution in [-0.4, -0.2) is 31.7 Å². The molecule has 1 aromatic heterocycles. The first-order valence-electron chi connectivity index (χ1n) is 13.0. The van der Waals surface area contributed by atoms with E-state index in [9.17, 15) is 14.4 Å². The molecule has 8 heteroatoms. The lowest BCUT2D eigenvalue weighted by Gasteiger charge is -2.26. The fourth-order valence-electron chi connectivity index (χ4n) is 4.88. The van der Waals surface area contributed by atoms with Gasteiger partial charge in [0.25, 0.3) is 5.91 Å². The summed E-state index contributed by atoms with van der Waals surface area (Å²) in [5.74, 6) is 0.159. The number of benzene rings is 3. The first kappa shape index (κ1) is 26.0. The molecule has 4 aromatic rings. The molecule has 200 valence electrons. The molecule has 0 bridgehead atoms. The van der Waals surface area contributed by atoms with E-state index in [0.29, 0.717) is 52.5 Å². The zero-order valence-corrected chi connectivity index (χ0v) is 22.3. The molecule has 0 aliphatic carbocycles. The maximum Gasteiger partial charge on any atom is 0.338 e. The number of anilines is 1. The van der Waals surface area contributed by atoms with E-state index in [1.807, 2.05) is 32.9 Å². The van der Waals surface area contributed by atoms with E-state index >= 15 is 0 Å². The van der Waals surface area contributed by atoms with Gasteiger partial charge in [-0.05, 0) is 81.8 Å². The molecular weight excluding hydrogens is 498 g/mol. The first-order chi connectivity index (χ1) is 18.9. The molecule has 3 aromatic carbocycles. The zero-order chi connectivity index (χ0) is 27.7. The molecule has 1 amide bonds. The molecule has 0 spiro atoms. The van der Waals surface area contributed by atoms with Crippen molar-refractivity contribution < 1.29 is 28.2 Å². The Hall–Kier alpha value is -4.59. The van der Waals surface area contributed by atoms with Crippen LogP contribution in [0, 0.1) is 6.92 Å². The topological polar surface area (TPSA) is 95.3 Å². The standard InChI is InChI=1S/C31H29NO7/c1-5-36-24-15-11-20(17-25(24)37-6-2)27-26-28(33)22-16-18(4)8-14-23(22)39-29(26)30(34)32(27)21-12-9-19(10-13-21)31(35)38-7-3/h8-17,27H,5-7H2,1-4H3. The summed E-state index contributed by atoms with van der Waals surface area (Å²) in [5.41, 5.74) is 2.74. The molecule has 1 aliphatic rings. The molecular formula is C31H29NO7. The average molecular weight is 528 g/mol. The van der Waals surface area contributed by atoms with Gasteiger partial charge >= 0.3 is 5.97 Å². The van der Waals surface area contributed by atoms with Crippen LogP contribution in [0.1, 0.15) is 64.4 Å². The Morgan fingerprint density at radius 2 is 1.59 bits per heavy atom. The second kappa shape index (κ2) is 10.6. The van der Waals surface area contributed by atoms with Crippen molar-refractivity contribution in [2.75, 3.05) is 24.7 Å². The van der Waals surface area contributed by atoms with Gasteiger partial charge in [-0.2, -0.15) is 0 Å². The van der Waals surface area contributed by atoms with Crippen LogP contribution < -0.4 is 19.8 Å². The minimum atomic E-state index is -0.794. The van der Waals surface area contributed by atoms with E-state index in [1.165, 1.54) is 4.90 Å². The summed E-state index contributed by atoms with van der Waals surface area (Å²) in [7, 11) is 0. The van der Waals surface area contributed by atoms with E-state index in [2.05, 4.69) is 0 Å². The molecule has 2 heterocycles. The predicted octanol–water partition coefficient (Wildman–Crippen LogP) is 5.83. The number of hydrogen-bond donors (Lipinski definition) is 0. The quantitative estimate of drug-likeness (QED) is 0.266. The Kier molecular flexibility index (Phi) is 7.11. The molecule has 1 atom stereocenters. The third-order valence-corrected chi connectivity index (χ3v) is 6.57. The Balaban J connectivity index is 1.71. The summed E-state index contributed by atoms with van der Waals surface area (Å²) in [6.07, 6.45) is 0. The van der Waals surface area contributed by atoms with Gasteiger partial charge < -0.3 is 18.6 Å². The minimum Gasteiger partial charge on any atom is -0.490 e. The number of esters is 1. The predicted molar refractivity (Wildman–Crippen MR) is 147 cm³/mol. The maximum absolute atomic E-state index is 13.9. The fraction of sp³-hybridized carbons (Fsp3) is 0.258. The number of nitrogens with zero attached hydrogens (tertiary/aromatic N) is 1. The normalized spacial score (nSPS) is 14.4. The van der Waals surface area contributed by atoms with Crippen LogP contribution in [0.3, 0.4) is 0 Å². The van der Waals surface area contributed by atoms with Crippen molar-refractivity contribution in [1.29, 1.82) is 0 Å². The largest absolute Gasteiger partial charge is 0.490 e. The van der Waals surface area contributed by atoms with Crippen LogP contribution in [0.2, 0.25) is 0 Å². The first-order valence-corrected chi connectivity index (χ1v) is 13.0. The number of aryl methyl sites for hydroxylation is 1. The number of rotatable bonds is 8. The van der Waals surface area contributed by atoms with Crippen molar-refractivity contribution >= 4 is 28.5 Å². The van der Waals surface area contributed by atoms with Crippen LogP contribution in [0.4, 0.5) is 5.69 Å². The van der Waals surface area contributed by atoms with Crippen molar-refractivity contribution in [3.63, 3.8) is 0 Å². The highest BCUT2D eigenvalue weighted by Gasteiger charge is 2.44. The molecule has 0 N–H and O–H groups in total. The second-order valence-electron chi connectivity index (χ2n) is 9.09. The zero-order valence-electron chi connectivity index (χ0n) is 22.3. The van der Waals surface area contributed by atoms with Gasteiger partial charge in [0.05, 0.1) is 42.4 Å². The van der Waals surface area contributed by atoms with Crippen LogP contribution in [-0.2, 0) is 4.74 Å². The maximum atomic E-state index is 13.9. The van der Waals surface area contributed by atoms with Gasteiger partial charge in [0.1, 0.15) is 5.58 Å². The highest BCUT2D eigenvalue weighted by Crippen LogP contribution is 2.43. The SMILES string of the molecule is CCOC(=O)c1ccc(N2C(=O)c3oc4ccc(C)cc4c(=O)c3C2c2ccc(OCC)c(OCC)c2)cc1. The highest BCUT2D eigenvalue weighted by atomic mass is 16.5. The summed E-state index contributed by atoms with van der Waals surface area (Å²) in [5, 5.41) is 0.405. The van der Waals surface area contributed by atoms with Crippen molar-refractivity contribution in [2.24, 2.45) is 0 Å². The molecule has 39 heavy (non-hydrogen) atoms. The van der Waals surface area contributed by atoms with Crippen molar-refractivity contribution in [2.45, 2.75) is 33.7 Å². The lowest BCUT2D eigenvalue weighted by Crippen LogP contribution is -2.29. The average Bonchev–Trinajstić information content (AvgIpc) is 3.23. The summed E-state index contributed by atoms with van der Waals surface area (Å²) in [6, 6.07) is 16.4. The summed E-state index contributed by atoms with van der Waals surface area (Å²) in [4.78, 5) is 41.5. The molecule has 0 fully saturated rings. The van der Waals surface area contributed by atoms with Crippen molar-refractivity contribution in [1.82, 2.24) is 0 Å². The summed E-state index contributed by atoms with van der Waals surface area (Å²) >= 11 is 0. The molecule has 1 aliphatic heterocycles. The van der Waals surface area contributed by atoms with Gasteiger partial charge in [0, 0.05) is 5.69 Å². The van der Waals surface area contributed by atoms with Gasteiger partial charge in [-0.1, -0.05) is 17.7 Å². The number of hydrogen-bond acceptors (Lipinski definition) is 7. The van der Waals surface area contributed by atoms with Gasteiger partial charge in [0.2, 0.25) is 5.76 Å². The van der Waals surface area contributed by atoms with Crippen molar-refractivity contribution in [3.05, 3.63) is 98.9 Å². The van der Waals surface area contributed by atoms with E-state index in [-0.39, 0.29) is 23.4 Å². The van der Waals surface area contributed by atoms with E-state index in [0.717, 1.165) is 5.56 Å². The molecule has 1 unspecified atom stereocenters. The van der Waals surface area contributed by atoms with Gasteiger partial charge in [0.15, 0.2) is 16.9 Å². The number of carbonyl (C=O) groups excluding carboxylic acids is 2. The van der Waals surface area contributed by atoms with E-state index in [1.54, 1.807) is 55.5 Å². The Morgan fingerprint density at radius 1 is 0.872 bits per heavy atom. The molecule has 0 radical (unpaired) electrons. The van der Waals surface area contributed by atoms with E-state index < -0.39 is 17.9 Å². The number of amides is 1. The molecule has 0 saturated heterocycles.